The summed E-state index contributed by atoms with van der Waals surface area (Å²) < 4.78 is 58.6. The summed E-state index contributed by atoms with van der Waals surface area (Å²) >= 11 is 0. The van der Waals surface area contributed by atoms with Gasteiger partial charge >= 0.3 is 0 Å². The number of hydrogen-bond donors (Lipinski definition) is 1. The molecular formula is C21H18F4O. The summed E-state index contributed by atoms with van der Waals surface area (Å²) in [6.07, 6.45) is 0.997. The Labute approximate surface area is 149 Å². The average Bonchev–Trinajstić information content (AvgIpc) is 2.65. The van der Waals surface area contributed by atoms with Crippen LogP contribution >= 0.6 is 0 Å². The van der Waals surface area contributed by atoms with E-state index in [1.165, 1.54) is 0 Å². The van der Waals surface area contributed by atoms with Gasteiger partial charge in [-0.3, -0.25) is 0 Å². The molecule has 26 heavy (non-hydrogen) atoms. The van der Waals surface area contributed by atoms with Crippen molar-refractivity contribution in [2.75, 3.05) is 0 Å². The number of halogens is 4. The quantitative estimate of drug-likeness (QED) is 0.660. The molecule has 0 unspecified atom stereocenters. The van der Waals surface area contributed by atoms with Crippen molar-refractivity contribution in [3.8, 4) is 5.75 Å². The van der Waals surface area contributed by atoms with Crippen molar-refractivity contribution < 1.29 is 22.7 Å². The molecule has 0 amide bonds. The van der Waals surface area contributed by atoms with Gasteiger partial charge < -0.3 is 5.11 Å². The Balaban J connectivity index is 1.87. The van der Waals surface area contributed by atoms with Crippen molar-refractivity contribution in [1.29, 1.82) is 0 Å². The van der Waals surface area contributed by atoms with E-state index in [-0.39, 0.29) is 18.4 Å². The molecule has 1 saturated carbocycles. The average molecular weight is 362 g/mol. The molecule has 3 aliphatic carbocycles. The highest BCUT2D eigenvalue weighted by atomic mass is 19.2. The largest absolute Gasteiger partial charge is 0.505 e. The van der Waals surface area contributed by atoms with Crippen LogP contribution < -0.4 is 0 Å². The van der Waals surface area contributed by atoms with Gasteiger partial charge in [0.05, 0.1) is 5.41 Å². The van der Waals surface area contributed by atoms with Crippen molar-refractivity contribution in [1.82, 2.24) is 0 Å². The summed E-state index contributed by atoms with van der Waals surface area (Å²) in [4.78, 5) is 0. The van der Waals surface area contributed by atoms with Crippen LogP contribution in [0, 0.1) is 18.6 Å². The van der Waals surface area contributed by atoms with Crippen LogP contribution in [-0.2, 0) is 10.8 Å². The van der Waals surface area contributed by atoms with Crippen molar-refractivity contribution >= 4 is 0 Å². The number of phenolic OH excluding ortho intramolecular Hbond substituents is 1. The Morgan fingerprint density at radius 1 is 0.731 bits per heavy atom. The second kappa shape index (κ2) is 5.60. The van der Waals surface area contributed by atoms with Crippen LogP contribution in [0.25, 0.3) is 0 Å². The summed E-state index contributed by atoms with van der Waals surface area (Å²) in [7, 11) is 0. The van der Waals surface area contributed by atoms with Crippen LogP contribution in [0.4, 0.5) is 17.6 Å². The normalized spacial score (nSPS) is 27.9. The summed E-state index contributed by atoms with van der Waals surface area (Å²) in [5, 5.41) is 9.32. The van der Waals surface area contributed by atoms with Gasteiger partial charge in [-0.05, 0) is 44.2 Å². The maximum absolute atomic E-state index is 15.2. The molecule has 0 spiro atoms. The van der Waals surface area contributed by atoms with Crippen molar-refractivity contribution in [3.05, 3.63) is 76.4 Å². The molecule has 0 heterocycles. The lowest BCUT2D eigenvalue weighted by Gasteiger charge is -2.51. The lowest BCUT2D eigenvalue weighted by atomic mass is 9.53. The zero-order valence-corrected chi connectivity index (χ0v) is 14.3. The van der Waals surface area contributed by atoms with Crippen LogP contribution in [0.2, 0.25) is 0 Å². The summed E-state index contributed by atoms with van der Waals surface area (Å²) in [6, 6.07) is 9.49. The monoisotopic (exact) mass is 362 g/mol. The molecule has 0 aliphatic heterocycles. The minimum Gasteiger partial charge on any atom is -0.505 e. The fourth-order valence-electron chi connectivity index (χ4n) is 4.55. The molecule has 2 bridgehead atoms. The highest BCUT2D eigenvalue weighted by Gasteiger charge is 2.57. The van der Waals surface area contributed by atoms with Crippen LogP contribution in [0.15, 0.2) is 48.1 Å². The first-order chi connectivity index (χ1) is 12.3. The first-order valence-corrected chi connectivity index (χ1v) is 8.63. The molecule has 0 saturated heterocycles. The summed E-state index contributed by atoms with van der Waals surface area (Å²) in [5.41, 5.74) is -1.03. The minimum absolute atomic E-state index is 0.182. The number of benzene rings is 2. The number of aromatic hydroxyl groups is 1. The van der Waals surface area contributed by atoms with Gasteiger partial charge in [-0.2, -0.15) is 4.39 Å². The van der Waals surface area contributed by atoms with Gasteiger partial charge in [-0.25, -0.2) is 13.2 Å². The fraction of sp³-hybridized carbons (Fsp3) is 0.333. The first-order valence-electron chi connectivity index (χ1n) is 8.63. The Kier molecular flexibility index (Phi) is 3.69. The van der Waals surface area contributed by atoms with Crippen molar-refractivity contribution in [2.24, 2.45) is 0 Å². The van der Waals surface area contributed by atoms with Gasteiger partial charge in [0, 0.05) is 11.0 Å². The number of phenols is 1. The zero-order valence-electron chi connectivity index (χ0n) is 14.3. The molecule has 1 fully saturated rings. The van der Waals surface area contributed by atoms with Crippen molar-refractivity contribution in [2.45, 2.75) is 43.4 Å². The molecule has 1 N–H and O–H groups in total. The molecule has 136 valence electrons. The predicted molar refractivity (Wildman–Crippen MR) is 90.3 cm³/mol. The second-order valence-electron chi connectivity index (χ2n) is 7.42. The third-order valence-electron chi connectivity index (χ3n) is 6.17. The smallest absolute Gasteiger partial charge is 0.200 e. The Morgan fingerprint density at radius 2 is 1.27 bits per heavy atom. The van der Waals surface area contributed by atoms with Crippen LogP contribution in [0.3, 0.4) is 0 Å². The maximum atomic E-state index is 15.2. The van der Waals surface area contributed by atoms with Crippen LogP contribution in [0.1, 0.15) is 42.4 Å². The van der Waals surface area contributed by atoms with E-state index in [1.807, 2.05) is 19.1 Å². The van der Waals surface area contributed by atoms with Gasteiger partial charge in [-0.15, -0.1) is 0 Å². The van der Waals surface area contributed by atoms with Gasteiger partial charge in [0.25, 0.3) is 0 Å². The molecule has 0 aromatic heterocycles. The van der Waals surface area contributed by atoms with E-state index in [1.54, 1.807) is 12.1 Å². The van der Waals surface area contributed by atoms with Gasteiger partial charge in [0.2, 0.25) is 5.82 Å². The lowest BCUT2D eigenvalue weighted by Crippen LogP contribution is -2.47. The molecule has 2 aromatic rings. The van der Waals surface area contributed by atoms with E-state index < -0.39 is 39.9 Å². The number of fused-ring (bicyclic) bond motifs is 2. The van der Waals surface area contributed by atoms with E-state index in [2.05, 4.69) is 0 Å². The van der Waals surface area contributed by atoms with E-state index >= 15 is 8.78 Å². The molecule has 3 aliphatic rings. The second-order valence-corrected chi connectivity index (χ2v) is 7.42. The molecule has 5 rings (SSSR count). The van der Waals surface area contributed by atoms with Gasteiger partial charge in [0.1, 0.15) is 11.7 Å². The Bertz CT molecular complexity index is 906. The topological polar surface area (TPSA) is 20.2 Å². The van der Waals surface area contributed by atoms with Crippen molar-refractivity contribution in [3.63, 3.8) is 0 Å². The summed E-state index contributed by atoms with van der Waals surface area (Å²) in [5.74, 6) is -5.47. The molecule has 0 radical (unpaired) electrons. The molecule has 2 aromatic carbocycles. The minimum atomic E-state index is -1.50. The summed E-state index contributed by atoms with van der Waals surface area (Å²) in [6.45, 7) is 1.92. The third kappa shape index (κ3) is 2.09. The first kappa shape index (κ1) is 17.1. The number of rotatable bonds is 2. The zero-order chi connectivity index (χ0) is 18.7. The number of allylic oxidation sites excluding steroid dienone is 2. The van der Waals surface area contributed by atoms with Gasteiger partial charge in [0.15, 0.2) is 11.6 Å². The highest BCUT2D eigenvalue weighted by Crippen LogP contribution is 2.62. The SMILES string of the molecule is Cc1ccc(C23CCC(c4ccc(O)c(F)c4F)(CC2)C(F)=C3F)cc1. The van der Waals surface area contributed by atoms with E-state index in [9.17, 15) is 13.9 Å². The molecule has 1 nitrogen and oxygen atoms in total. The van der Waals surface area contributed by atoms with E-state index in [0.29, 0.717) is 18.4 Å². The maximum Gasteiger partial charge on any atom is 0.200 e. The fourth-order valence-corrected chi connectivity index (χ4v) is 4.55. The Hall–Kier alpha value is -2.30. The van der Waals surface area contributed by atoms with E-state index in [0.717, 1.165) is 17.7 Å². The Morgan fingerprint density at radius 3 is 1.88 bits per heavy atom. The molecule has 5 heteroatoms. The third-order valence-corrected chi connectivity index (χ3v) is 6.17. The number of aryl methyl sites for hydroxylation is 1. The standard InChI is InChI=1S/C21H18F4O/c1-12-2-4-13(5-3-12)20-8-10-21(11-9-20,19(25)18(20)24)14-6-7-15(26)17(23)16(14)22/h2-7,26H,8-11H2,1H3. The van der Waals surface area contributed by atoms with E-state index in [4.69, 9.17) is 0 Å². The lowest BCUT2D eigenvalue weighted by molar-refractivity contribution is 0.142. The highest BCUT2D eigenvalue weighted by molar-refractivity contribution is 5.49. The predicted octanol–water partition coefficient (Wildman–Crippen LogP) is 5.89. The van der Waals surface area contributed by atoms with Gasteiger partial charge in [-0.1, -0.05) is 35.9 Å². The number of hydrogen-bond acceptors (Lipinski definition) is 1. The van der Waals surface area contributed by atoms with Crippen LogP contribution in [0.5, 0.6) is 5.75 Å². The molecule has 0 atom stereocenters. The molecular weight excluding hydrogens is 344 g/mol. The van der Waals surface area contributed by atoms with Crippen LogP contribution in [-0.4, -0.2) is 5.11 Å².